The van der Waals surface area contributed by atoms with Gasteiger partial charge in [-0.05, 0) is 36.6 Å². The molecule has 5 heteroatoms. The van der Waals surface area contributed by atoms with Crippen molar-refractivity contribution in [1.82, 2.24) is 10.3 Å². The van der Waals surface area contributed by atoms with Crippen LogP contribution < -0.4 is 10.1 Å². The predicted molar refractivity (Wildman–Crippen MR) is 94.5 cm³/mol. The molecule has 1 amide bonds. The number of carbonyl (C=O) groups excluding carboxylic acids is 1. The smallest absolute Gasteiger partial charge is 0.225 e. The predicted octanol–water partition coefficient (Wildman–Crippen LogP) is 2.51. The highest BCUT2D eigenvalue weighted by Crippen LogP contribution is 2.38. The number of para-hydroxylation sites is 1. The van der Waals surface area contributed by atoms with Crippen LogP contribution in [0.15, 0.2) is 36.5 Å². The Bertz CT molecular complexity index is 784. The van der Waals surface area contributed by atoms with Gasteiger partial charge in [0, 0.05) is 24.8 Å². The van der Waals surface area contributed by atoms with Crippen molar-refractivity contribution in [1.29, 1.82) is 0 Å². The number of nitrogens with zero attached hydrogens (tertiary/aromatic N) is 1. The normalized spacial score (nSPS) is 21.6. The summed E-state index contributed by atoms with van der Waals surface area (Å²) in [6.45, 7) is 3.78. The van der Waals surface area contributed by atoms with Gasteiger partial charge in [-0.25, -0.2) is 0 Å². The third-order valence-electron chi connectivity index (χ3n) is 4.90. The first-order valence-electron chi connectivity index (χ1n) is 8.78. The van der Waals surface area contributed by atoms with Crippen LogP contribution in [0.1, 0.15) is 17.5 Å². The molecule has 1 N–H and O–H groups in total. The number of fused-ring (bicyclic) bond motifs is 1. The lowest BCUT2D eigenvalue weighted by molar-refractivity contribution is -0.125. The number of aromatic nitrogens is 1. The van der Waals surface area contributed by atoms with E-state index < -0.39 is 0 Å². The molecule has 4 rings (SSSR count). The summed E-state index contributed by atoms with van der Waals surface area (Å²) in [5.41, 5.74) is 4.27. The van der Waals surface area contributed by atoms with Crippen molar-refractivity contribution in [2.24, 2.45) is 5.92 Å². The third kappa shape index (κ3) is 3.24. The molecule has 0 aliphatic carbocycles. The zero-order chi connectivity index (χ0) is 17.2. The second-order valence-electron chi connectivity index (χ2n) is 6.71. The first-order chi connectivity index (χ1) is 12.2. The van der Waals surface area contributed by atoms with E-state index in [1.165, 1.54) is 5.56 Å². The molecule has 5 nitrogen and oxygen atoms in total. The van der Waals surface area contributed by atoms with Gasteiger partial charge in [-0.3, -0.25) is 9.78 Å². The van der Waals surface area contributed by atoms with E-state index >= 15 is 0 Å². The van der Waals surface area contributed by atoms with Crippen LogP contribution in [0.3, 0.4) is 0 Å². The highest BCUT2D eigenvalue weighted by atomic mass is 16.5. The standard InChI is InChI=1S/C20H22N2O3/c1-13-4-3-8-21-18(13)17-6-2-5-14-10-16(25-19(14)17)11-22-20(23)15-7-9-24-12-15/h2-6,8,15-16H,7,9-12H2,1H3,(H,22,23)/t15-,16-/m0/s1. The number of rotatable bonds is 4. The Morgan fingerprint density at radius 1 is 1.32 bits per heavy atom. The molecule has 1 saturated heterocycles. The lowest BCUT2D eigenvalue weighted by Crippen LogP contribution is -2.38. The molecule has 0 bridgehead atoms. The summed E-state index contributed by atoms with van der Waals surface area (Å²) in [5, 5.41) is 3.01. The highest BCUT2D eigenvalue weighted by molar-refractivity contribution is 5.79. The number of carbonyl (C=O) groups is 1. The van der Waals surface area contributed by atoms with Gasteiger partial charge in [-0.15, -0.1) is 0 Å². The lowest BCUT2D eigenvalue weighted by atomic mass is 10.0. The van der Waals surface area contributed by atoms with E-state index in [2.05, 4.69) is 29.4 Å². The molecule has 2 atom stereocenters. The zero-order valence-corrected chi connectivity index (χ0v) is 14.3. The van der Waals surface area contributed by atoms with Gasteiger partial charge in [0.05, 0.1) is 24.8 Å². The van der Waals surface area contributed by atoms with E-state index in [1.807, 2.05) is 18.2 Å². The summed E-state index contributed by atoms with van der Waals surface area (Å²) in [6.07, 6.45) is 3.38. The SMILES string of the molecule is Cc1cccnc1-c1cccc2c1O[C@H](CNC(=O)[C@H]1CCOC1)C2. The van der Waals surface area contributed by atoms with E-state index in [-0.39, 0.29) is 17.9 Å². The first-order valence-corrected chi connectivity index (χ1v) is 8.78. The van der Waals surface area contributed by atoms with Gasteiger partial charge in [-0.1, -0.05) is 18.2 Å². The lowest BCUT2D eigenvalue weighted by Gasteiger charge is -2.15. The Morgan fingerprint density at radius 3 is 3.04 bits per heavy atom. The van der Waals surface area contributed by atoms with Gasteiger partial charge < -0.3 is 14.8 Å². The Kier molecular flexibility index (Phi) is 4.40. The number of aryl methyl sites for hydroxylation is 1. The van der Waals surface area contributed by atoms with Gasteiger partial charge in [0.15, 0.2) is 0 Å². The average molecular weight is 338 g/mol. The quantitative estimate of drug-likeness (QED) is 0.930. The number of pyridine rings is 1. The molecule has 2 aliphatic rings. The van der Waals surface area contributed by atoms with Gasteiger partial charge in [0.1, 0.15) is 11.9 Å². The first kappa shape index (κ1) is 16.1. The van der Waals surface area contributed by atoms with Gasteiger partial charge >= 0.3 is 0 Å². The number of amides is 1. The molecule has 1 fully saturated rings. The van der Waals surface area contributed by atoms with Crippen LogP contribution in [-0.2, 0) is 16.0 Å². The van der Waals surface area contributed by atoms with Crippen LogP contribution >= 0.6 is 0 Å². The maximum atomic E-state index is 12.2. The number of nitrogens with one attached hydrogen (secondary N) is 1. The van der Waals surface area contributed by atoms with Gasteiger partial charge in [0.25, 0.3) is 0 Å². The maximum absolute atomic E-state index is 12.2. The van der Waals surface area contributed by atoms with Gasteiger partial charge in [-0.2, -0.15) is 0 Å². The van der Waals surface area contributed by atoms with Crippen LogP contribution in [0, 0.1) is 12.8 Å². The zero-order valence-electron chi connectivity index (χ0n) is 14.3. The number of ether oxygens (including phenoxy) is 2. The van der Waals surface area contributed by atoms with Crippen molar-refractivity contribution in [3.05, 3.63) is 47.7 Å². The van der Waals surface area contributed by atoms with E-state index in [4.69, 9.17) is 9.47 Å². The number of hydrogen-bond acceptors (Lipinski definition) is 4. The monoisotopic (exact) mass is 338 g/mol. The fourth-order valence-electron chi connectivity index (χ4n) is 3.51. The van der Waals surface area contributed by atoms with Crippen molar-refractivity contribution in [2.75, 3.05) is 19.8 Å². The van der Waals surface area contributed by atoms with Gasteiger partial charge in [0.2, 0.25) is 5.91 Å². The third-order valence-corrected chi connectivity index (χ3v) is 4.90. The molecule has 1 aromatic carbocycles. The molecule has 3 heterocycles. The molecule has 0 spiro atoms. The largest absolute Gasteiger partial charge is 0.487 e. The highest BCUT2D eigenvalue weighted by Gasteiger charge is 2.28. The van der Waals surface area contributed by atoms with Crippen molar-refractivity contribution < 1.29 is 14.3 Å². The minimum atomic E-state index is -0.0357. The topological polar surface area (TPSA) is 60.5 Å². The second-order valence-corrected chi connectivity index (χ2v) is 6.71. The molecule has 0 radical (unpaired) electrons. The summed E-state index contributed by atoms with van der Waals surface area (Å²) in [5.74, 6) is 0.945. The van der Waals surface area contributed by atoms with E-state index in [9.17, 15) is 4.79 Å². The van der Waals surface area contributed by atoms with E-state index in [0.29, 0.717) is 19.8 Å². The van der Waals surface area contributed by atoms with Crippen molar-refractivity contribution in [2.45, 2.75) is 25.9 Å². The number of benzene rings is 1. The van der Waals surface area contributed by atoms with Crippen molar-refractivity contribution >= 4 is 5.91 Å². The maximum Gasteiger partial charge on any atom is 0.225 e. The number of hydrogen-bond donors (Lipinski definition) is 1. The van der Waals surface area contributed by atoms with Crippen molar-refractivity contribution in [3.8, 4) is 17.0 Å². The summed E-state index contributed by atoms with van der Waals surface area (Å²) in [7, 11) is 0. The summed E-state index contributed by atoms with van der Waals surface area (Å²) in [6, 6.07) is 10.2. The Balaban J connectivity index is 1.47. The summed E-state index contributed by atoms with van der Waals surface area (Å²) in [4.78, 5) is 16.7. The molecule has 0 saturated carbocycles. The van der Waals surface area contributed by atoms with Crippen LogP contribution in [0.4, 0.5) is 0 Å². The Hall–Kier alpha value is -2.40. The molecular formula is C20H22N2O3. The van der Waals surface area contributed by atoms with E-state index in [1.54, 1.807) is 6.20 Å². The summed E-state index contributed by atoms with van der Waals surface area (Å²) < 4.78 is 11.5. The molecule has 2 aliphatic heterocycles. The minimum Gasteiger partial charge on any atom is -0.487 e. The molecule has 1 aromatic heterocycles. The summed E-state index contributed by atoms with van der Waals surface area (Å²) >= 11 is 0. The Labute approximate surface area is 147 Å². The van der Waals surface area contributed by atoms with Crippen LogP contribution in [-0.4, -0.2) is 36.8 Å². The van der Waals surface area contributed by atoms with Crippen LogP contribution in [0.5, 0.6) is 5.75 Å². The Morgan fingerprint density at radius 2 is 2.24 bits per heavy atom. The van der Waals surface area contributed by atoms with E-state index in [0.717, 1.165) is 35.4 Å². The fourth-order valence-corrected chi connectivity index (χ4v) is 3.51. The molecule has 0 unspecified atom stereocenters. The van der Waals surface area contributed by atoms with Crippen LogP contribution in [0.2, 0.25) is 0 Å². The average Bonchev–Trinajstić information content (AvgIpc) is 3.29. The minimum absolute atomic E-state index is 0.0180. The van der Waals surface area contributed by atoms with Crippen LogP contribution in [0.25, 0.3) is 11.3 Å². The molecular weight excluding hydrogens is 316 g/mol. The fraction of sp³-hybridized carbons (Fsp3) is 0.400. The molecule has 130 valence electrons. The molecule has 2 aromatic rings. The second kappa shape index (κ2) is 6.84. The molecule has 25 heavy (non-hydrogen) atoms. The van der Waals surface area contributed by atoms with Crippen molar-refractivity contribution in [3.63, 3.8) is 0 Å².